The average Bonchev–Trinajstić information content (AvgIpc) is 2.65. The van der Waals surface area contributed by atoms with Crippen LogP contribution in [0.15, 0.2) is 59.8 Å². The van der Waals surface area contributed by atoms with Crippen LogP contribution in [0, 0.1) is 11.8 Å². The van der Waals surface area contributed by atoms with Crippen LogP contribution in [-0.2, 0) is 0 Å². The molecule has 2 unspecified atom stereocenters. The first-order valence-electron chi connectivity index (χ1n) is 4.88. The molecule has 0 amide bonds. The van der Waals surface area contributed by atoms with Crippen LogP contribution in [0.3, 0.4) is 0 Å². The van der Waals surface area contributed by atoms with E-state index in [0.29, 0.717) is 11.8 Å². The van der Waals surface area contributed by atoms with E-state index >= 15 is 0 Å². The molecule has 3 aliphatic rings. The molecule has 0 aromatic heterocycles. The second-order valence-electron chi connectivity index (χ2n) is 3.80. The predicted molar refractivity (Wildman–Crippen MR) is 55.2 cm³/mol. The Morgan fingerprint density at radius 3 is 2.85 bits per heavy atom. The van der Waals surface area contributed by atoms with E-state index in [9.17, 15) is 0 Å². The molecule has 0 aliphatic heterocycles. The van der Waals surface area contributed by atoms with Crippen molar-refractivity contribution >= 4 is 0 Å². The van der Waals surface area contributed by atoms with E-state index in [1.54, 1.807) is 0 Å². The fourth-order valence-corrected chi connectivity index (χ4v) is 2.38. The normalized spacial score (nSPS) is 33.8. The lowest BCUT2D eigenvalue weighted by Crippen LogP contribution is -2.17. The summed E-state index contributed by atoms with van der Waals surface area (Å²) in [5, 5.41) is 0. The van der Waals surface area contributed by atoms with Crippen molar-refractivity contribution < 1.29 is 0 Å². The fourth-order valence-electron chi connectivity index (χ4n) is 2.38. The quantitative estimate of drug-likeness (QED) is 0.487. The van der Waals surface area contributed by atoms with Crippen molar-refractivity contribution in [2.45, 2.75) is 6.42 Å². The molecule has 0 nitrogen and oxygen atoms in total. The first-order chi connectivity index (χ1) is 6.45. The summed E-state index contributed by atoms with van der Waals surface area (Å²) in [5.41, 5.74) is 2.96. The molecule has 0 spiro atoms. The highest BCUT2D eigenvalue weighted by Crippen LogP contribution is 2.39. The lowest BCUT2D eigenvalue weighted by molar-refractivity contribution is 0.616. The molecule has 13 heavy (non-hydrogen) atoms. The molecule has 0 aromatic rings. The summed E-state index contributed by atoms with van der Waals surface area (Å²) in [4.78, 5) is 0. The SMILES string of the molecule is C1=CC2C(=C1)C=CC1=CCC=CC12. The highest BCUT2D eigenvalue weighted by atomic mass is 14.3. The zero-order valence-corrected chi connectivity index (χ0v) is 7.48. The third kappa shape index (κ3) is 0.983. The summed E-state index contributed by atoms with van der Waals surface area (Å²) in [5.74, 6) is 1.23. The van der Waals surface area contributed by atoms with Gasteiger partial charge in [0.1, 0.15) is 0 Å². The number of hydrogen-bond acceptors (Lipinski definition) is 0. The highest BCUT2D eigenvalue weighted by molar-refractivity contribution is 5.48. The zero-order valence-electron chi connectivity index (χ0n) is 7.48. The van der Waals surface area contributed by atoms with E-state index in [-0.39, 0.29) is 0 Å². The number of hydrogen-bond donors (Lipinski definition) is 0. The van der Waals surface area contributed by atoms with Gasteiger partial charge < -0.3 is 0 Å². The van der Waals surface area contributed by atoms with Crippen LogP contribution in [0.2, 0.25) is 0 Å². The topological polar surface area (TPSA) is 0 Å². The van der Waals surface area contributed by atoms with E-state index < -0.39 is 0 Å². The lowest BCUT2D eigenvalue weighted by atomic mass is 9.76. The summed E-state index contributed by atoms with van der Waals surface area (Å²) in [6, 6.07) is 0. The maximum atomic E-state index is 2.35. The zero-order chi connectivity index (χ0) is 8.67. The average molecular weight is 168 g/mol. The molecule has 0 radical (unpaired) electrons. The van der Waals surface area contributed by atoms with Gasteiger partial charge in [0, 0.05) is 11.8 Å². The van der Waals surface area contributed by atoms with Crippen LogP contribution in [0.1, 0.15) is 6.42 Å². The number of allylic oxidation sites excluding steroid dienone is 10. The van der Waals surface area contributed by atoms with Gasteiger partial charge in [-0.15, -0.1) is 0 Å². The summed E-state index contributed by atoms with van der Waals surface area (Å²) in [7, 11) is 0. The Bertz CT molecular complexity index is 375. The van der Waals surface area contributed by atoms with E-state index in [0.717, 1.165) is 6.42 Å². The molecule has 3 aliphatic carbocycles. The molecule has 64 valence electrons. The molecule has 0 N–H and O–H groups in total. The van der Waals surface area contributed by atoms with Gasteiger partial charge in [-0.3, -0.25) is 0 Å². The molecular formula is C13H12. The smallest absolute Gasteiger partial charge is 0.0124 e. The van der Waals surface area contributed by atoms with Crippen molar-refractivity contribution in [2.24, 2.45) is 11.8 Å². The molecule has 0 saturated carbocycles. The summed E-state index contributed by atoms with van der Waals surface area (Å²) in [6.07, 6.45) is 19.3. The third-order valence-corrected chi connectivity index (χ3v) is 3.07. The highest BCUT2D eigenvalue weighted by Gasteiger charge is 2.27. The van der Waals surface area contributed by atoms with Crippen molar-refractivity contribution in [2.75, 3.05) is 0 Å². The number of rotatable bonds is 0. The molecule has 2 atom stereocenters. The molecule has 0 heteroatoms. The van der Waals surface area contributed by atoms with Crippen molar-refractivity contribution in [1.82, 2.24) is 0 Å². The van der Waals surface area contributed by atoms with Gasteiger partial charge in [0.15, 0.2) is 0 Å². The Labute approximate surface area is 78.7 Å². The maximum absolute atomic E-state index is 2.35. The van der Waals surface area contributed by atoms with Gasteiger partial charge in [0.25, 0.3) is 0 Å². The Morgan fingerprint density at radius 1 is 1.00 bits per heavy atom. The molecular weight excluding hydrogens is 156 g/mol. The van der Waals surface area contributed by atoms with Crippen molar-refractivity contribution in [1.29, 1.82) is 0 Å². The van der Waals surface area contributed by atoms with Crippen LogP contribution < -0.4 is 0 Å². The monoisotopic (exact) mass is 168 g/mol. The predicted octanol–water partition coefficient (Wildman–Crippen LogP) is 3.17. The standard InChI is InChI=1S/C13H12/c1-2-6-12-10(4-1)8-9-11-5-3-7-13(11)12/h2-9,12-13H,1H2. The van der Waals surface area contributed by atoms with Crippen LogP contribution in [0.5, 0.6) is 0 Å². The second-order valence-corrected chi connectivity index (χ2v) is 3.80. The molecule has 0 bridgehead atoms. The van der Waals surface area contributed by atoms with E-state index in [1.807, 2.05) is 0 Å². The molecule has 0 saturated heterocycles. The summed E-state index contributed by atoms with van der Waals surface area (Å²) >= 11 is 0. The summed E-state index contributed by atoms with van der Waals surface area (Å²) < 4.78 is 0. The van der Waals surface area contributed by atoms with Gasteiger partial charge >= 0.3 is 0 Å². The first-order valence-corrected chi connectivity index (χ1v) is 4.88. The van der Waals surface area contributed by atoms with Crippen molar-refractivity contribution in [3.63, 3.8) is 0 Å². The van der Waals surface area contributed by atoms with Gasteiger partial charge in [0.2, 0.25) is 0 Å². The molecule has 0 fully saturated rings. The van der Waals surface area contributed by atoms with Crippen LogP contribution >= 0.6 is 0 Å². The Hall–Kier alpha value is -1.30. The van der Waals surface area contributed by atoms with E-state index in [1.165, 1.54) is 11.1 Å². The van der Waals surface area contributed by atoms with Gasteiger partial charge in [-0.25, -0.2) is 0 Å². The van der Waals surface area contributed by atoms with Crippen LogP contribution in [0.25, 0.3) is 0 Å². The molecule has 0 heterocycles. The lowest BCUT2D eigenvalue weighted by Gasteiger charge is -2.28. The minimum Gasteiger partial charge on any atom is -0.0841 e. The van der Waals surface area contributed by atoms with Crippen molar-refractivity contribution in [3.8, 4) is 0 Å². The van der Waals surface area contributed by atoms with Gasteiger partial charge in [-0.2, -0.15) is 0 Å². The van der Waals surface area contributed by atoms with E-state index in [2.05, 4.69) is 48.6 Å². The third-order valence-electron chi connectivity index (χ3n) is 3.07. The summed E-state index contributed by atoms with van der Waals surface area (Å²) in [6.45, 7) is 0. The van der Waals surface area contributed by atoms with Gasteiger partial charge in [-0.1, -0.05) is 48.6 Å². The Morgan fingerprint density at radius 2 is 1.85 bits per heavy atom. The second kappa shape index (κ2) is 2.59. The maximum Gasteiger partial charge on any atom is 0.0124 e. The molecule has 0 aromatic carbocycles. The number of fused-ring (bicyclic) bond motifs is 3. The van der Waals surface area contributed by atoms with E-state index in [4.69, 9.17) is 0 Å². The minimum absolute atomic E-state index is 0.615. The van der Waals surface area contributed by atoms with Gasteiger partial charge in [0.05, 0.1) is 0 Å². The van der Waals surface area contributed by atoms with Crippen molar-refractivity contribution in [3.05, 3.63) is 59.8 Å². The fraction of sp³-hybridized carbons (Fsp3) is 0.231. The Balaban J connectivity index is 2.09. The first kappa shape index (κ1) is 7.14. The largest absolute Gasteiger partial charge is 0.0841 e. The Kier molecular flexibility index (Phi) is 1.42. The minimum atomic E-state index is 0.615. The molecule has 3 rings (SSSR count). The van der Waals surface area contributed by atoms with Crippen LogP contribution in [-0.4, -0.2) is 0 Å². The van der Waals surface area contributed by atoms with Crippen LogP contribution in [0.4, 0.5) is 0 Å². The van der Waals surface area contributed by atoms with Gasteiger partial charge in [-0.05, 0) is 17.6 Å².